The van der Waals surface area contributed by atoms with Crippen molar-refractivity contribution in [1.82, 2.24) is 0 Å². The largest absolute Gasteiger partial charge is 0.479 e. The Kier molecular flexibility index (Phi) is 9.00. The van der Waals surface area contributed by atoms with Crippen LogP contribution < -0.4 is 0 Å². The van der Waals surface area contributed by atoms with Gasteiger partial charge in [0, 0.05) is 0 Å². The number of rotatable bonds is 12. The highest BCUT2D eigenvalue weighted by Crippen LogP contribution is 2.22. The smallest absolute Gasteiger partial charge is 0.398 e. The molecule has 0 amide bonds. The molecule has 6 nitrogen and oxygen atoms in total. The van der Waals surface area contributed by atoms with Gasteiger partial charge in [0.15, 0.2) is 5.60 Å². The zero-order valence-corrected chi connectivity index (χ0v) is 13.1. The molecule has 0 radical (unpaired) electrons. The van der Waals surface area contributed by atoms with Crippen molar-refractivity contribution >= 4 is 16.4 Å². The molecule has 0 aromatic rings. The van der Waals surface area contributed by atoms with Crippen molar-refractivity contribution in [3.63, 3.8) is 0 Å². The maximum absolute atomic E-state index is 11.0. The van der Waals surface area contributed by atoms with Gasteiger partial charge in [0.25, 0.3) is 0 Å². The Morgan fingerprint density at radius 2 is 1.50 bits per heavy atom. The second-order valence-corrected chi connectivity index (χ2v) is 6.29. The first kappa shape index (κ1) is 19.3. The highest BCUT2D eigenvalue weighted by Gasteiger charge is 2.38. The van der Waals surface area contributed by atoms with Gasteiger partial charge < -0.3 is 5.11 Å². The monoisotopic (exact) mass is 310 g/mol. The molecule has 0 fully saturated rings. The lowest BCUT2D eigenvalue weighted by Gasteiger charge is -2.22. The average molecular weight is 310 g/mol. The number of aliphatic carboxylic acids is 1. The molecule has 1 unspecified atom stereocenters. The SMILES string of the molecule is CCCCCCCCCCC(C)(OS(=O)(=O)O)C(=O)O. The van der Waals surface area contributed by atoms with Crippen LogP contribution in [0.3, 0.4) is 0 Å². The van der Waals surface area contributed by atoms with Crippen molar-refractivity contribution in [3.8, 4) is 0 Å². The third-order valence-electron chi connectivity index (χ3n) is 3.25. The van der Waals surface area contributed by atoms with E-state index in [2.05, 4.69) is 11.1 Å². The molecule has 0 saturated carbocycles. The quantitative estimate of drug-likeness (QED) is 0.424. The van der Waals surface area contributed by atoms with Gasteiger partial charge in [-0.1, -0.05) is 51.9 Å². The Morgan fingerprint density at radius 1 is 1.05 bits per heavy atom. The van der Waals surface area contributed by atoms with Crippen LogP contribution in [0.15, 0.2) is 0 Å². The molecule has 0 aromatic heterocycles. The molecular weight excluding hydrogens is 284 g/mol. The molecule has 1 atom stereocenters. The summed E-state index contributed by atoms with van der Waals surface area (Å²) in [5.74, 6) is -1.39. The van der Waals surface area contributed by atoms with E-state index >= 15 is 0 Å². The molecule has 0 aliphatic heterocycles. The predicted molar refractivity (Wildman–Crippen MR) is 75.9 cm³/mol. The summed E-state index contributed by atoms with van der Waals surface area (Å²) in [7, 11) is -4.77. The highest BCUT2D eigenvalue weighted by molar-refractivity contribution is 7.81. The fourth-order valence-corrected chi connectivity index (χ4v) is 2.63. The van der Waals surface area contributed by atoms with Crippen LogP contribution in [-0.4, -0.2) is 29.6 Å². The van der Waals surface area contributed by atoms with Gasteiger partial charge in [-0.05, 0) is 19.8 Å². The molecule has 0 aromatic carbocycles. The summed E-state index contributed by atoms with van der Waals surface area (Å²) in [5, 5.41) is 9.00. The van der Waals surface area contributed by atoms with Crippen LogP contribution in [0.5, 0.6) is 0 Å². The van der Waals surface area contributed by atoms with Crippen LogP contribution in [-0.2, 0) is 19.4 Å². The van der Waals surface area contributed by atoms with E-state index in [4.69, 9.17) is 9.66 Å². The molecule has 0 saturated heterocycles. The Balaban J connectivity index is 3.97. The summed E-state index contributed by atoms with van der Waals surface area (Å²) in [6.45, 7) is 3.31. The summed E-state index contributed by atoms with van der Waals surface area (Å²) in [5.41, 5.74) is -1.89. The van der Waals surface area contributed by atoms with Crippen molar-refractivity contribution in [1.29, 1.82) is 0 Å². The molecule has 0 heterocycles. The Morgan fingerprint density at radius 3 is 1.90 bits per heavy atom. The van der Waals surface area contributed by atoms with E-state index in [-0.39, 0.29) is 6.42 Å². The Hall–Kier alpha value is -0.660. The highest BCUT2D eigenvalue weighted by atomic mass is 32.3. The molecule has 0 rings (SSSR count). The number of hydrogen-bond acceptors (Lipinski definition) is 4. The van der Waals surface area contributed by atoms with Crippen molar-refractivity contribution < 1.29 is 27.1 Å². The van der Waals surface area contributed by atoms with E-state index in [1.165, 1.54) is 25.7 Å². The molecule has 120 valence electrons. The van der Waals surface area contributed by atoms with Gasteiger partial charge in [-0.25, -0.2) is 8.98 Å². The molecule has 20 heavy (non-hydrogen) atoms. The molecule has 2 N–H and O–H groups in total. The standard InChI is InChI=1S/C13H26O6S/c1-3-4-5-6-7-8-9-10-11-13(2,12(14)15)19-20(16,17)18/h3-11H2,1-2H3,(H,14,15)(H,16,17,18). The zero-order chi connectivity index (χ0) is 15.6. The van der Waals surface area contributed by atoms with Gasteiger partial charge in [0.05, 0.1) is 0 Å². The van der Waals surface area contributed by atoms with Gasteiger partial charge in [-0.2, -0.15) is 8.42 Å². The summed E-state index contributed by atoms with van der Waals surface area (Å²) < 4.78 is 34.2. The summed E-state index contributed by atoms with van der Waals surface area (Å²) in [6, 6.07) is 0. The fourth-order valence-electron chi connectivity index (χ4n) is 2.01. The van der Waals surface area contributed by atoms with E-state index in [1.807, 2.05) is 0 Å². The number of unbranched alkanes of at least 4 members (excludes halogenated alkanes) is 7. The Labute approximate surface area is 121 Å². The lowest BCUT2D eigenvalue weighted by molar-refractivity contribution is -0.154. The topological polar surface area (TPSA) is 101 Å². The first-order valence-electron chi connectivity index (χ1n) is 7.13. The average Bonchev–Trinajstić information content (AvgIpc) is 2.30. The number of carbonyl (C=O) groups is 1. The summed E-state index contributed by atoms with van der Waals surface area (Å²) in [6.07, 6.45) is 8.34. The second kappa shape index (κ2) is 9.31. The van der Waals surface area contributed by atoms with Gasteiger partial charge >= 0.3 is 16.4 Å². The van der Waals surface area contributed by atoms with E-state index in [0.29, 0.717) is 6.42 Å². The third-order valence-corrected chi connectivity index (χ3v) is 3.83. The minimum Gasteiger partial charge on any atom is -0.479 e. The molecule has 7 heteroatoms. The molecule has 0 aliphatic carbocycles. The molecule has 0 bridgehead atoms. The van der Waals surface area contributed by atoms with Crippen molar-refractivity contribution in [2.75, 3.05) is 0 Å². The second-order valence-electron chi connectivity index (χ2n) is 5.27. The van der Waals surface area contributed by atoms with Crippen LogP contribution in [0.4, 0.5) is 0 Å². The number of carboxylic acid groups (broad SMARTS) is 1. The first-order valence-corrected chi connectivity index (χ1v) is 8.49. The van der Waals surface area contributed by atoms with Crippen molar-refractivity contribution in [3.05, 3.63) is 0 Å². The van der Waals surface area contributed by atoms with Crippen LogP contribution in [0, 0.1) is 0 Å². The van der Waals surface area contributed by atoms with Gasteiger partial charge in [0.1, 0.15) is 0 Å². The van der Waals surface area contributed by atoms with Crippen LogP contribution in [0.25, 0.3) is 0 Å². The van der Waals surface area contributed by atoms with E-state index < -0.39 is 22.0 Å². The summed E-state index contributed by atoms with van der Waals surface area (Å²) in [4.78, 5) is 11.0. The lowest BCUT2D eigenvalue weighted by atomic mass is 9.98. The first-order chi connectivity index (χ1) is 9.21. The summed E-state index contributed by atoms with van der Waals surface area (Å²) >= 11 is 0. The fraction of sp³-hybridized carbons (Fsp3) is 0.923. The molecular formula is C13H26O6S. The van der Waals surface area contributed by atoms with Crippen molar-refractivity contribution in [2.24, 2.45) is 0 Å². The normalized spacial score (nSPS) is 14.9. The van der Waals surface area contributed by atoms with Crippen LogP contribution >= 0.6 is 0 Å². The molecule has 0 aliphatic rings. The maximum atomic E-state index is 11.0. The van der Waals surface area contributed by atoms with Crippen molar-refractivity contribution in [2.45, 2.75) is 77.2 Å². The Bertz CT molecular complexity index is 378. The van der Waals surface area contributed by atoms with Gasteiger partial charge in [-0.15, -0.1) is 0 Å². The third kappa shape index (κ3) is 9.28. The molecule has 0 spiro atoms. The van der Waals surface area contributed by atoms with Crippen LogP contribution in [0.1, 0.15) is 71.6 Å². The van der Waals surface area contributed by atoms with E-state index in [9.17, 15) is 13.2 Å². The minimum atomic E-state index is -4.77. The van der Waals surface area contributed by atoms with Gasteiger partial charge in [-0.3, -0.25) is 4.55 Å². The van der Waals surface area contributed by atoms with Crippen LogP contribution in [0.2, 0.25) is 0 Å². The van der Waals surface area contributed by atoms with E-state index in [0.717, 1.165) is 26.2 Å². The zero-order valence-electron chi connectivity index (χ0n) is 12.3. The predicted octanol–water partition coefficient (Wildman–Crippen LogP) is 3.18. The maximum Gasteiger partial charge on any atom is 0.398 e. The lowest BCUT2D eigenvalue weighted by Crippen LogP contribution is -2.40. The number of hydrogen-bond donors (Lipinski definition) is 2. The number of carboxylic acids is 1. The van der Waals surface area contributed by atoms with Gasteiger partial charge in [0.2, 0.25) is 0 Å². The van der Waals surface area contributed by atoms with E-state index in [1.54, 1.807) is 0 Å². The minimum absolute atomic E-state index is 0.0527.